The minimum Gasteiger partial charge on any atom is -0.486 e. The highest BCUT2D eigenvalue weighted by atomic mass is 19.1. The van der Waals surface area contributed by atoms with Gasteiger partial charge in [0.1, 0.15) is 24.0 Å². The fourth-order valence-electron chi connectivity index (χ4n) is 1.74. The highest BCUT2D eigenvalue weighted by Crippen LogP contribution is 2.17. The zero-order valence-electron chi connectivity index (χ0n) is 10.3. The number of nitrogens with two attached hydrogens (primary N) is 1. The average molecular weight is 249 g/mol. The molecule has 1 heterocycles. The molecule has 2 N–H and O–H groups in total. The van der Waals surface area contributed by atoms with Gasteiger partial charge in [0.05, 0.1) is 0 Å². The molecule has 4 nitrogen and oxygen atoms in total. The van der Waals surface area contributed by atoms with Crippen molar-refractivity contribution in [2.24, 2.45) is 5.73 Å². The van der Waals surface area contributed by atoms with Crippen molar-refractivity contribution in [3.05, 3.63) is 47.8 Å². The van der Waals surface area contributed by atoms with Crippen molar-refractivity contribution >= 4 is 0 Å². The predicted molar refractivity (Wildman–Crippen MR) is 66.5 cm³/mol. The second-order valence-electron chi connectivity index (χ2n) is 3.92. The first kappa shape index (κ1) is 12.6. The van der Waals surface area contributed by atoms with Crippen LogP contribution in [0.5, 0.6) is 5.75 Å². The molecule has 2 rings (SSSR count). The van der Waals surface area contributed by atoms with Crippen LogP contribution in [0.2, 0.25) is 0 Å². The average Bonchev–Trinajstić information content (AvgIpc) is 2.83. The van der Waals surface area contributed by atoms with Gasteiger partial charge in [0, 0.05) is 31.5 Å². The number of aromatic nitrogens is 2. The van der Waals surface area contributed by atoms with Crippen LogP contribution in [0.3, 0.4) is 0 Å². The molecule has 0 aliphatic rings. The van der Waals surface area contributed by atoms with E-state index in [-0.39, 0.29) is 12.4 Å². The molecule has 0 atom stereocenters. The molecule has 5 heteroatoms. The van der Waals surface area contributed by atoms with Crippen LogP contribution < -0.4 is 10.5 Å². The van der Waals surface area contributed by atoms with Gasteiger partial charge in [-0.15, -0.1) is 0 Å². The Morgan fingerprint density at radius 1 is 1.39 bits per heavy atom. The summed E-state index contributed by atoms with van der Waals surface area (Å²) in [5, 5.41) is 0. The summed E-state index contributed by atoms with van der Waals surface area (Å²) >= 11 is 0. The minimum absolute atomic E-state index is 0.289. The molecule has 0 radical (unpaired) electrons. The number of imidazole rings is 1. The molecule has 96 valence electrons. The molecule has 1 aromatic carbocycles. The van der Waals surface area contributed by atoms with Crippen LogP contribution in [-0.2, 0) is 19.7 Å². The Morgan fingerprint density at radius 3 is 2.94 bits per heavy atom. The van der Waals surface area contributed by atoms with Gasteiger partial charge < -0.3 is 15.0 Å². The molecule has 0 spiro atoms. The lowest BCUT2D eigenvalue weighted by Gasteiger charge is -2.09. The molecule has 0 bridgehead atoms. The topological polar surface area (TPSA) is 53.1 Å². The van der Waals surface area contributed by atoms with Crippen LogP contribution in [0.1, 0.15) is 18.3 Å². The highest BCUT2D eigenvalue weighted by molar-refractivity contribution is 5.29. The Hall–Kier alpha value is -1.88. The molecular weight excluding hydrogens is 233 g/mol. The molecule has 0 saturated carbocycles. The number of ether oxygens (including phenoxy) is 1. The fourth-order valence-corrected chi connectivity index (χ4v) is 1.74. The van der Waals surface area contributed by atoms with Gasteiger partial charge in [0.25, 0.3) is 0 Å². The van der Waals surface area contributed by atoms with E-state index in [1.165, 1.54) is 12.1 Å². The van der Waals surface area contributed by atoms with E-state index in [4.69, 9.17) is 10.5 Å². The number of halogens is 1. The maximum absolute atomic E-state index is 13.3. The third-order valence-corrected chi connectivity index (χ3v) is 2.68. The molecular formula is C13H16FN3O. The van der Waals surface area contributed by atoms with Crippen LogP contribution in [0.15, 0.2) is 30.6 Å². The van der Waals surface area contributed by atoms with Crippen molar-refractivity contribution < 1.29 is 9.13 Å². The first-order valence-corrected chi connectivity index (χ1v) is 5.85. The van der Waals surface area contributed by atoms with Crippen molar-refractivity contribution in [2.45, 2.75) is 26.6 Å². The molecule has 0 unspecified atom stereocenters. The quantitative estimate of drug-likeness (QED) is 0.882. The number of hydrogen-bond acceptors (Lipinski definition) is 3. The van der Waals surface area contributed by atoms with Crippen LogP contribution in [0.25, 0.3) is 0 Å². The lowest BCUT2D eigenvalue weighted by molar-refractivity contribution is 0.288. The second-order valence-corrected chi connectivity index (χ2v) is 3.92. The maximum atomic E-state index is 13.3. The van der Waals surface area contributed by atoms with E-state index in [0.717, 1.165) is 12.4 Å². The first-order chi connectivity index (χ1) is 8.72. The third kappa shape index (κ3) is 2.87. The van der Waals surface area contributed by atoms with Gasteiger partial charge in [-0.3, -0.25) is 0 Å². The summed E-state index contributed by atoms with van der Waals surface area (Å²) in [5.74, 6) is 0.948. The van der Waals surface area contributed by atoms with Crippen molar-refractivity contribution in [2.75, 3.05) is 0 Å². The van der Waals surface area contributed by atoms with Crippen molar-refractivity contribution in [3.63, 3.8) is 0 Å². The van der Waals surface area contributed by atoms with Gasteiger partial charge in [0.15, 0.2) is 0 Å². The highest BCUT2D eigenvalue weighted by Gasteiger charge is 2.04. The molecule has 0 aliphatic carbocycles. The largest absolute Gasteiger partial charge is 0.486 e. The number of hydrogen-bond donors (Lipinski definition) is 1. The van der Waals surface area contributed by atoms with Crippen molar-refractivity contribution in [3.8, 4) is 5.75 Å². The maximum Gasteiger partial charge on any atom is 0.146 e. The first-order valence-electron chi connectivity index (χ1n) is 5.85. The van der Waals surface area contributed by atoms with E-state index in [0.29, 0.717) is 17.9 Å². The monoisotopic (exact) mass is 249 g/mol. The molecule has 2 aromatic rings. The van der Waals surface area contributed by atoms with Gasteiger partial charge in [-0.1, -0.05) is 0 Å². The third-order valence-electron chi connectivity index (χ3n) is 2.68. The lowest BCUT2D eigenvalue weighted by Crippen LogP contribution is -2.06. The van der Waals surface area contributed by atoms with E-state index >= 15 is 0 Å². The van der Waals surface area contributed by atoms with Crippen molar-refractivity contribution in [1.29, 1.82) is 0 Å². The summed E-state index contributed by atoms with van der Waals surface area (Å²) in [4.78, 5) is 4.19. The standard InChI is InChI=1S/C13H16FN3O/c1-2-17-4-3-16-13(17)9-18-12-6-10(8-15)5-11(14)7-12/h3-7H,2,8-9,15H2,1H3. The zero-order valence-corrected chi connectivity index (χ0v) is 10.3. The zero-order chi connectivity index (χ0) is 13.0. The Bertz CT molecular complexity index is 525. The van der Waals surface area contributed by atoms with Crippen LogP contribution in [-0.4, -0.2) is 9.55 Å². The Kier molecular flexibility index (Phi) is 3.94. The molecule has 0 fully saturated rings. The second kappa shape index (κ2) is 5.64. The van der Waals surface area contributed by atoms with Crippen LogP contribution in [0, 0.1) is 5.82 Å². The molecule has 0 aliphatic heterocycles. The summed E-state index contributed by atoms with van der Waals surface area (Å²) in [6.07, 6.45) is 3.61. The number of aryl methyl sites for hydroxylation is 1. The summed E-state index contributed by atoms with van der Waals surface area (Å²) < 4.78 is 20.8. The summed E-state index contributed by atoms with van der Waals surface area (Å²) in [5.41, 5.74) is 6.20. The number of nitrogens with zero attached hydrogens (tertiary/aromatic N) is 2. The Balaban J connectivity index is 2.08. The lowest BCUT2D eigenvalue weighted by atomic mass is 10.2. The van der Waals surface area contributed by atoms with E-state index in [9.17, 15) is 4.39 Å². The van der Waals surface area contributed by atoms with Crippen LogP contribution in [0.4, 0.5) is 4.39 Å². The SMILES string of the molecule is CCn1ccnc1COc1cc(F)cc(CN)c1. The van der Waals surface area contributed by atoms with E-state index in [1.807, 2.05) is 17.7 Å². The van der Waals surface area contributed by atoms with Crippen LogP contribution >= 0.6 is 0 Å². The Labute approximate surface area is 105 Å². The fraction of sp³-hybridized carbons (Fsp3) is 0.308. The van der Waals surface area contributed by atoms with Gasteiger partial charge in [-0.2, -0.15) is 0 Å². The summed E-state index contributed by atoms with van der Waals surface area (Å²) in [6.45, 7) is 3.46. The molecule has 0 saturated heterocycles. The summed E-state index contributed by atoms with van der Waals surface area (Å²) in [7, 11) is 0. The normalized spacial score (nSPS) is 10.6. The van der Waals surface area contributed by atoms with Gasteiger partial charge in [0.2, 0.25) is 0 Å². The van der Waals surface area contributed by atoms with E-state index in [1.54, 1.807) is 12.3 Å². The Morgan fingerprint density at radius 2 is 2.22 bits per heavy atom. The van der Waals surface area contributed by atoms with Gasteiger partial charge in [-0.25, -0.2) is 9.37 Å². The number of rotatable bonds is 5. The minimum atomic E-state index is -0.341. The molecule has 18 heavy (non-hydrogen) atoms. The van der Waals surface area contributed by atoms with E-state index < -0.39 is 0 Å². The van der Waals surface area contributed by atoms with E-state index in [2.05, 4.69) is 4.98 Å². The predicted octanol–water partition coefficient (Wildman–Crippen LogP) is 2.08. The summed E-state index contributed by atoms with van der Waals surface area (Å²) in [6, 6.07) is 4.49. The molecule has 0 amide bonds. The van der Waals surface area contributed by atoms with Gasteiger partial charge in [-0.05, 0) is 24.6 Å². The smallest absolute Gasteiger partial charge is 0.146 e. The number of benzene rings is 1. The molecule has 1 aromatic heterocycles. The van der Waals surface area contributed by atoms with Crippen molar-refractivity contribution in [1.82, 2.24) is 9.55 Å². The van der Waals surface area contributed by atoms with Gasteiger partial charge >= 0.3 is 0 Å².